The van der Waals surface area contributed by atoms with Crippen LogP contribution in [0.4, 0.5) is 0 Å². The number of aromatic nitrogens is 3. The summed E-state index contributed by atoms with van der Waals surface area (Å²) in [6.45, 7) is 3.37. The molecule has 0 saturated heterocycles. The summed E-state index contributed by atoms with van der Waals surface area (Å²) in [4.78, 5) is 95.2. The number of rotatable bonds is 22. The number of carbonyl (C=O) groups excluding carboxylic acids is 6. The second-order valence-electron chi connectivity index (χ2n) is 14.3. The van der Waals surface area contributed by atoms with E-state index in [1.807, 2.05) is 49.4 Å². The van der Waals surface area contributed by atoms with Crippen molar-refractivity contribution in [3.05, 3.63) is 90.1 Å². The average molecular weight is 813 g/mol. The number of imidazole rings is 1. The summed E-state index contributed by atoms with van der Waals surface area (Å²) in [5, 5.41) is 6.53. The number of nitrogens with two attached hydrogens (primary N) is 4. The van der Waals surface area contributed by atoms with E-state index in [2.05, 4.69) is 25.6 Å². The van der Waals surface area contributed by atoms with Crippen molar-refractivity contribution in [2.24, 2.45) is 27.9 Å². The van der Waals surface area contributed by atoms with Gasteiger partial charge < -0.3 is 48.4 Å². The number of para-hydroxylation sites is 1. The Morgan fingerprint density at radius 1 is 0.881 bits per heavy atom. The number of guanidine groups is 1. The van der Waals surface area contributed by atoms with Crippen LogP contribution in [-0.4, -0.2) is 117 Å². The molecule has 0 unspecified atom stereocenters. The first kappa shape index (κ1) is 45.1. The molecule has 0 aliphatic carbocycles. The third kappa shape index (κ3) is 12.7. The minimum atomic E-state index is -1.18. The highest BCUT2D eigenvalue weighted by Gasteiger charge is 2.36. The summed E-state index contributed by atoms with van der Waals surface area (Å²) in [6.07, 6.45) is 5.94. The van der Waals surface area contributed by atoms with E-state index in [4.69, 9.17) is 22.9 Å². The highest BCUT2D eigenvalue weighted by molar-refractivity contribution is 5.96. The van der Waals surface area contributed by atoms with Crippen molar-refractivity contribution in [1.29, 1.82) is 0 Å². The number of nitrogens with zero attached hydrogens (tertiary/aromatic N) is 5. The molecule has 5 amide bonds. The number of aliphatic imine (C=N–C) groups is 1. The molecular weight excluding hydrogens is 757 g/mol. The quantitative estimate of drug-likeness (QED) is 0.0325. The fourth-order valence-corrected chi connectivity index (χ4v) is 6.90. The van der Waals surface area contributed by atoms with Crippen molar-refractivity contribution in [3.63, 3.8) is 0 Å². The summed E-state index contributed by atoms with van der Waals surface area (Å²) in [6, 6.07) is 11.9. The smallest absolute Gasteiger partial charge is 0.246 e. The number of hydrogen-bond donors (Lipinski definition) is 7. The molecular formula is C41H56N12O6. The van der Waals surface area contributed by atoms with Crippen LogP contribution >= 0.6 is 0 Å². The number of nitrogens with one attached hydrogen (secondary N) is 3. The van der Waals surface area contributed by atoms with E-state index in [9.17, 15) is 28.8 Å². The number of hydrogen-bond acceptors (Lipinski definition) is 9. The van der Waals surface area contributed by atoms with Gasteiger partial charge in [-0.2, -0.15) is 0 Å². The largest absolute Gasteiger partial charge is 0.370 e. The predicted molar refractivity (Wildman–Crippen MR) is 223 cm³/mol. The zero-order valence-corrected chi connectivity index (χ0v) is 33.8. The lowest BCUT2D eigenvalue weighted by molar-refractivity contribution is -0.145. The van der Waals surface area contributed by atoms with E-state index in [1.54, 1.807) is 25.3 Å². The lowest BCUT2D eigenvalue weighted by Gasteiger charge is -2.34. The van der Waals surface area contributed by atoms with Crippen LogP contribution in [0.1, 0.15) is 61.1 Å². The molecule has 0 fully saturated rings. The van der Waals surface area contributed by atoms with Crippen molar-refractivity contribution < 1.29 is 28.8 Å². The van der Waals surface area contributed by atoms with E-state index in [0.29, 0.717) is 12.1 Å². The summed E-state index contributed by atoms with van der Waals surface area (Å²) in [7, 11) is 1.41. The van der Waals surface area contributed by atoms with Crippen LogP contribution in [0.2, 0.25) is 0 Å². The Morgan fingerprint density at radius 2 is 1.56 bits per heavy atom. The molecule has 18 heteroatoms. The normalized spacial score (nSPS) is 13.1. The van der Waals surface area contributed by atoms with Gasteiger partial charge in [-0.3, -0.25) is 38.3 Å². The van der Waals surface area contributed by atoms with Crippen LogP contribution in [0.3, 0.4) is 0 Å². The molecule has 4 rings (SSSR count). The fourth-order valence-electron chi connectivity index (χ4n) is 6.90. The number of primary amides is 1. The van der Waals surface area contributed by atoms with Gasteiger partial charge in [0, 0.05) is 74.8 Å². The zero-order chi connectivity index (χ0) is 43.1. The first-order chi connectivity index (χ1) is 28.2. The van der Waals surface area contributed by atoms with Gasteiger partial charge in [0.25, 0.3) is 0 Å². The Balaban J connectivity index is 1.66. The van der Waals surface area contributed by atoms with Gasteiger partial charge in [-0.15, -0.1) is 0 Å². The number of benzene rings is 2. The second-order valence-corrected chi connectivity index (χ2v) is 14.3. The molecule has 0 spiro atoms. The van der Waals surface area contributed by atoms with Crippen LogP contribution in [0.15, 0.2) is 78.3 Å². The number of aromatic amines is 1. The molecule has 4 aromatic rings. The SMILES string of the molecule is CCCC(=O)n1cncc1C[C@H](N)C(=O)N[C@H](Cc1ccccc1)C(=O)N(CC)[C@@H](CCCN=C(N)N)C(=O)N[C@@H](Cc1c[nH]c2ccccc12)C(=O)N(C)CC(N)=O. The van der Waals surface area contributed by atoms with Crippen LogP contribution in [0.5, 0.6) is 0 Å². The molecule has 0 aliphatic heterocycles. The zero-order valence-electron chi connectivity index (χ0n) is 33.8. The van der Waals surface area contributed by atoms with E-state index in [0.717, 1.165) is 26.9 Å². The minimum absolute atomic E-state index is 0.0309. The molecule has 0 saturated carbocycles. The Kier molecular flexibility index (Phi) is 16.7. The first-order valence-corrected chi connectivity index (χ1v) is 19.6. The molecule has 0 bridgehead atoms. The Labute approximate surface area is 343 Å². The maximum Gasteiger partial charge on any atom is 0.246 e. The fraction of sp³-hybridized carbons (Fsp3) is 0.415. The second kappa shape index (κ2) is 21.8. The highest BCUT2D eigenvalue weighted by Crippen LogP contribution is 2.21. The molecule has 4 atom stereocenters. The maximum absolute atomic E-state index is 14.7. The summed E-state index contributed by atoms with van der Waals surface area (Å²) in [5.74, 6) is -3.51. The van der Waals surface area contributed by atoms with Gasteiger partial charge in [-0.05, 0) is 43.4 Å². The number of likely N-dealkylation sites (N-methyl/N-ethyl adjacent to an activating group) is 2. The Hall–Kier alpha value is -6.56. The molecule has 2 aromatic heterocycles. The van der Waals surface area contributed by atoms with Gasteiger partial charge in [-0.25, -0.2) is 4.98 Å². The van der Waals surface area contributed by atoms with Gasteiger partial charge >= 0.3 is 0 Å². The lowest BCUT2D eigenvalue weighted by Crippen LogP contribution is -2.60. The molecule has 18 nitrogen and oxygen atoms in total. The third-order valence-corrected chi connectivity index (χ3v) is 9.83. The number of amides is 5. The topological polar surface area (TPSA) is 283 Å². The third-order valence-electron chi connectivity index (χ3n) is 9.83. The summed E-state index contributed by atoms with van der Waals surface area (Å²) in [5.41, 5.74) is 25.7. The molecule has 0 radical (unpaired) electrons. The summed E-state index contributed by atoms with van der Waals surface area (Å²) < 4.78 is 1.37. The van der Waals surface area contributed by atoms with E-state index >= 15 is 0 Å². The van der Waals surface area contributed by atoms with Gasteiger partial charge in [0.15, 0.2) is 5.96 Å². The monoisotopic (exact) mass is 812 g/mol. The molecule has 59 heavy (non-hydrogen) atoms. The summed E-state index contributed by atoms with van der Waals surface area (Å²) >= 11 is 0. The van der Waals surface area contributed by atoms with Crippen LogP contribution in [-0.2, 0) is 43.2 Å². The van der Waals surface area contributed by atoms with Gasteiger partial charge in [0.1, 0.15) is 24.5 Å². The highest BCUT2D eigenvalue weighted by atomic mass is 16.2. The van der Waals surface area contributed by atoms with Crippen molar-refractivity contribution >= 4 is 52.3 Å². The predicted octanol–water partition coefficient (Wildman–Crippen LogP) is 0.344. The lowest BCUT2D eigenvalue weighted by atomic mass is 10.00. The van der Waals surface area contributed by atoms with Crippen molar-refractivity contribution in [2.75, 3.05) is 26.7 Å². The number of carbonyl (C=O) groups is 6. The van der Waals surface area contributed by atoms with Crippen molar-refractivity contribution in [3.8, 4) is 0 Å². The molecule has 2 heterocycles. The van der Waals surface area contributed by atoms with Crippen LogP contribution in [0.25, 0.3) is 10.9 Å². The van der Waals surface area contributed by atoms with Gasteiger partial charge in [-0.1, -0.05) is 55.5 Å². The van der Waals surface area contributed by atoms with E-state index in [-0.39, 0.29) is 70.0 Å². The number of fused-ring (bicyclic) bond motifs is 1. The molecule has 2 aromatic carbocycles. The van der Waals surface area contributed by atoms with Crippen molar-refractivity contribution in [2.45, 2.75) is 83.0 Å². The number of H-pyrrole nitrogens is 1. The molecule has 316 valence electrons. The average Bonchev–Trinajstić information content (AvgIpc) is 3.85. The Morgan fingerprint density at radius 3 is 2.24 bits per heavy atom. The molecule has 0 aliphatic rings. The van der Waals surface area contributed by atoms with E-state index in [1.165, 1.54) is 29.0 Å². The molecule has 11 N–H and O–H groups in total. The van der Waals surface area contributed by atoms with Gasteiger partial charge in [0.05, 0.1) is 12.6 Å². The minimum Gasteiger partial charge on any atom is -0.370 e. The standard InChI is InChI=1S/C41H56N12O6/c1-4-12-36(55)53-25-46-23-28(53)21-30(42)37(56)49-32(19-26-13-7-6-8-14-26)40(59)52(5-2)34(17-11-18-47-41(44)45)38(57)50-33(39(58)51(3)24-35(43)54)20-27-22-48-31-16-10-9-15-29(27)31/h6-10,13-16,22-23,25,30,32-34,48H,4-5,11-12,17-21,24,42H2,1-3H3,(H2,43,54)(H,49,56)(H,50,57)(H4,44,45,47)/t30-,32+,33-,34-/m0/s1. The first-order valence-electron chi connectivity index (χ1n) is 19.6. The van der Waals surface area contributed by atoms with E-state index < -0.39 is 53.7 Å². The maximum atomic E-state index is 14.7. The Bertz CT molecular complexity index is 2090. The van der Waals surface area contributed by atoms with Gasteiger partial charge in [0.2, 0.25) is 35.4 Å². The van der Waals surface area contributed by atoms with Crippen LogP contribution < -0.4 is 33.6 Å². The van der Waals surface area contributed by atoms with Crippen molar-refractivity contribution in [1.82, 2.24) is 35.0 Å². The van der Waals surface area contributed by atoms with Crippen LogP contribution in [0, 0.1) is 0 Å².